The number of hydrogen-bond acceptors (Lipinski definition) is 2. The van der Waals surface area contributed by atoms with Crippen molar-refractivity contribution < 1.29 is 13.6 Å². The highest BCUT2D eigenvalue weighted by atomic mass is 19.1. The first kappa shape index (κ1) is 13.6. The summed E-state index contributed by atoms with van der Waals surface area (Å²) in [4.78, 5) is 11.8. The van der Waals surface area contributed by atoms with Crippen molar-refractivity contribution in [2.24, 2.45) is 5.73 Å². The molecule has 94 valence electrons. The normalized spacial score (nSPS) is 11.4. The predicted octanol–water partition coefficient (Wildman–Crippen LogP) is 1.32. The van der Waals surface area contributed by atoms with Gasteiger partial charge in [0.05, 0.1) is 5.41 Å². The van der Waals surface area contributed by atoms with Crippen LogP contribution in [0, 0.1) is 11.6 Å². The molecule has 1 aromatic carbocycles. The molecular weight excluding hydrogens is 226 g/mol. The highest BCUT2D eigenvalue weighted by Gasteiger charge is 2.32. The SMILES string of the molecule is CC(C)(C(=O)NCCN)c1ccc(F)cc1F. The molecule has 0 fully saturated rings. The second-order valence-electron chi connectivity index (χ2n) is 4.29. The Balaban J connectivity index is 2.99. The molecule has 0 saturated heterocycles. The lowest BCUT2D eigenvalue weighted by molar-refractivity contribution is -0.125. The fourth-order valence-electron chi connectivity index (χ4n) is 1.53. The van der Waals surface area contributed by atoms with E-state index in [9.17, 15) is 13.6 Å². The first-order chi connectivity index (χ1) is 7.89. The molecule has 5 heteroatoms. The Morgan fingerprint density at radius 1 is 1.41 bits per heavy atom. The van der Waals surface area contributed by atoms with Gasteiger partial charge in [-0.2, -0.15) is 0 Å². The number of benzene rings is 1. The van der Waals surface area contributed by atoms with E-state index >= 15 is 0 Å². The zero-order valence-electron chi connectivity index (χ0n) is 9.89. The third-order valence-corrected chi connectivity index (χ3v) is 2.60. The third-order valence-electron chi connectivity index (χ3n) is 2.60. The molecule has 0 saturated carbocycles. The van der Waals surface area contributed by atoms with E-state index in [1.54, 1.807) is 13.8 Å². The quantitative estimate of drug-likeness (QED) is 0.836. The molecule has 0 aliphatic rings. The first-order valence-corrected chi connectivity index (χ1v) is 5.33. The molecule has 17 heavy (non-hydrogen) atoms. The maximum Gasteiger partial charge on any atom is 0.230 e. The van der Waals surface area contributed by atoms with Gasteiger partial charge >= 0.3 is 0 Å². The molecule has 0 bridgehead atoms. The molecule has 1 aromatic rings. The lowest BCUT2D eigenvalue weighted by Gasteiger charge is -2.24. The number of halogens is 2. The number of carbonyl (C=O) groups excluding carboxylic acids is 1. The van der Waals surface area contributed by atoms with Crippen molar-refractivity contribution in [1.29, 1.82) is 0 Å². The van der Waals surface area contributed by atoms with Crippen LogP contribution in [0.15, 0.2) is 18.2 Å². The molecule has 0 radical (unpaired) electrons. The summed E-state index contributed by atoms with van der Waals surface area (Å²) in [5.41, 5.74) is 4.37. The summed E-state index contributed by atoms with van der Waals surface area (Å²) in [6.07, 6.45) is 0. The van der Waals surface area contributed by atoms with E-state index in [-0.39, 0.29) is 11.5 Å². The van der Waals surface area contributed by atoms with Crippen molar-refractivity contribution in [3.8, 4) is 0 Å². The van der Waals surface area contributed by atoms with Gasteiger partial charge in [-0.25, -0.2) is 8.78 Å². The van der Waals surface area contributed by atoms with E-state index in [1.807, 2.05) is 0 Å². The van der Waals surface area contributed by atoms with Crippen molar-refractivity contribution in [2.75, 3.05) is 13.1 Å². The Hall–Kier alpha value is -1.49. The van der Waals surface area contributed by atoms with Crippen molar-refractivity contribution in [3.63, 3.8) is 0 Å². The lowest BCUT2D eigenvalue weighted by Crippen LogP contribution is -2.42. The fourth-order valence-corrected chi connectivity index (χ4v) is 1.53. The number of carbonyl (C=O) groups is 1. The van der Waals surface area contributed by atoms with Crippen LogP contribution in [0.2, 0.25) is 0 Å². The van der Waals surface area contributed by atoms with Crippen LogP contribution in [0.3, 0.4) is 0 Å². The fraction of sp³-hybridized carbons (Fsp3) is 0.417. The highest BCUT2D eigenvalue weighted by molar-refractivity contribution is 5.87. The van der Waals surface area contributed by atoms with Crippen LogP contribution in [0.4, 0.5) is 8.78 Å². The average molecular weight is 242 g/mol. The summed E-state index contributed by atoms with van der Waals surface area (Å²) in [5.74, 6) is -1.73. The number of hydrogen-bond donors (Lipinski definition) is 2. The number of nitrogens with two attached hydrogens (primary N) is 1. The minimum atomic E-state index is -1.06. The molecular formula is C12H16F2N2O. The predicted molar refractivity (Wildman–Crippen MR) is 61.4 cm³/mol. The summed E-state index contributed by atoms with van der Waals surface area (Å²) < 4.78 is 26.4. The van der Waals surface area contributed by atoms with E-state index in [0.717, 1.165) is 12.1 Å². The first-order valence-electron chi connectivity index (χ1n) is 5.33. The van der Waals surface area contributed by atoms with E-state index < -0.39 is 17.0 Å². The van der Waals surface area contributed by atoms with Crippen LogP contribution >= 0.6 is 0 Å². The molecule has 0 aliphatic carbocycles. The maximum atomic E-state index is 13.6. The summed E-state index contributed by atoms with van der Waals surface area (Å²) in [6, 6.07) is 3.19. The van der Waals surface area contributed by atoms with E-state index in [4.69, 9.17) is 5.73 Å². The van der Waals surface area contributed by atoms with Crippen LogP contribution in [0.25, 0.3) is 0 Å². The topological polar surface area (TPSA) is 55.1 Å². The highest BCUT2D eigenvalue weighted by Crippen LogP contribution is 2.26. The van der Waals surface area contributed by atoms with Crippen LogP contribution in [0.1, 0.15) is 19.4 Å². The number of nitrogens with one attached hydrogen (secondary N) is 1. The molecule has 0 aromatic heterocycles. The molecule has 3 N–H and O–H groups in total. The van der Waals surface area contributed by atoms with Crippen molar-refractivity contribution in [1.82, 2.24) is 5.32 Å². The van der Waals surface area contributed by atoms with E-state index in [2.05, 4.69) is 5.32 Å². The summed E-state index contributed by atoms with van der Waals surface area (Å²) in [5, 5.41) is 2.59. The molecule has 1 rings (SSSR count). The number of amides is 1. The lowest BCUT2D eigenvalue weighted by atomic mass is 9.83. The Morgan fingerprint density at radius 3 is 2.59 bits per heavy atom. The maximum absolute atomic E-state index is 13.6. The van der Waals surface area contributed by atoms with Gasteiger partial charge in [-0.05, 0) is 19.9 Å². The summed E-state index contributed by atoms with van der Waals surface area (Å²) >= 11 is 0. The van der Waals surface area contributed by atoms with Gasteiger partial charge in [-0.1, -0.05) is 6.07 Å². The molecule has 0 unspecified atom stereocenters. The molecule has 3 nitrogen and oxygen atoms in total. The van der Waals surface area contributed by atoms with E-state index in [0.29, 0.717) is 13.1 Å². The van der Waals surface area contributed by atoms with Gasteiger partial charge in [0.25, 0.3) is 0 Å². The zero-order valence-corrected chi connectivity index (χ0v) is 9.89. The molecule has 0 atom stereocenters. The van der Waals surface area contributed by atoms with Crippen molar-refractivity contribution in [2.45, 2.75) is 19.3 Å². The average Bonchev–Trinajstić information content (AvgIpc) is 2.25. The van der Waals surface area contributed by atoms with Gasteiger partial charge < -0.3 is 11.1 Å². The van der Waals surface area contributed by atoms with Gasteiger partial charge in [0.1, 0.15) is 11.6 Å². The Labute approximate surface area is 99.0 Å². The van der Waals surface area contributed by atoms with Gasteiger partial charge in [-0.15, -0.1) is 0 Å². The molecule has 0 heterocycles. The standard InChI is InChI=1S/C12H16F2N2O/c1-12(2,11(17)16-6-5-15)9-4-3-8(13)7-10(9)14/h3-4,7H,5-6,15H2,1-2H3,(H,16,17). The van der Waals surface area contributed by atoms with E-state index in [1.165, 1.54) is 6.07 Å². The molecule has 0 spiro atoms. The summed E-state index contributed by atoms with van der Waals surface area (Å²) in [6.45, 7) is 3.79. The Bertz CT molecular complexity index is 419. The second-order valence-corrected chi connectivity index (χ2v) is 4.29. The van der Waals surface area contributed by atoms with Crippen LogP contribution in [-0.4, -0.2) is 19.0 Å². The van der Waals surface area contributed by atoms with Gasteiger partial charge in [-0.3, -0.25) is 4.79 Å². The summed E-state index contributed by atoms with van der Waals surface area (Å²) in [7, 11) is 0. The minimum absolute atomic E-state index is 0.161. The number of rotatable bonds is 4. The van der Waals surface area contributed by atoms with Gasteiger partial charge in [0, 0.05) is 24.7 Å². The minimum Gasteiger partial charge on any atom is -0.354 e. The van der Waals surface area contributed by atoms with Crippen LogP contribution in [-0.2, 0) is 10.2 Å². The molecule has 1 amide bonds. The van der Waals surface area contributed by atoms with Crippen molar-refractivity contribution in [3.05, 3.63) is 35.4 Å². The monoisotopic (exact) mass is 242 g/mol. The smallest absolute Gasteiger partial charge is 0.230 e. The van der Waals surface area contributed by atoms with Gasteiger partial charge in [0.15, 0.2) is 0 Å². The van der Waals surface area contributed by atoms with Crippen molar-refractivity contribution >= 4 is 5.91 Å². The zero-order chi connectivity index (χ0) is 13.1. The van der Waals surface area contributed by atoms with Gasteiger partial charge in [0.2, 0.25) is 5.91 Å². The largest absolute Gasteiger partial charge is 0.354 e. The molecule has 0 aliphatic heterocycles. The Morgan fingerprint density at radius 2 is 2.06 bits per heavy atom. The third kappa shape index (κ3) is 3.00. The van der Waals surface area contributed by atoms with Crippen LogP contribution < -0.4 is 11.1 Å². The Kier molecular flexibility index (Phi) is 4.17. The second kappa shape index (κ2) is 5.23. The van der Waals surface area contributed by atoms with Crippen LogP contribution in [0.5, 0.6) is 0 Å².